The fourth-order valence-corrected chi connectivity index (χ4v) is 5.70. The van der Waals surface area contributed by atoms with Gasteiger partial charge < -0.3 is 47.1 Å². The zero-order chi connectivity index (χ0) is 41.5. The minimum atomic E-state index is -2.96. The van der Waals surface area contributed by atoms with E-state index in [4.69, 9.17) is 47.6 Å². The van der Waals surface area contributed by atoms with E-state index in [1.54, 1.807) is 70.6 Å². The van der Waals surface area contributed by atoms with Gasteiger partial charge in [-0.1, -0.05) is 36.4 Å². The van der Waals surface area contributed by atoms with Gasteiger partial charge in [-0.15, -0.1) is 0 Å². The number of halogens is 2. The molecular formula is C43H53BF2N2O10. The number of benzene rings is 2. The number of hydrogen-bond acceptors (Lipinski definition) is 11. The first kappa shape index (κ1) is 45.8. The summed E-state index contributed by atoms with van der Waals surface area (Å²) in [5, 5.41) is 0. The van der Waals surface area contributed by atoms with Gasteiger partial charge in [0.15, 0.2) is 0 Å². The van der Waals surface area contributed by atoms with Crippen molar-refractivity contribution in [1.82, 2.24) is 4.48 Å². The summed E-state index contributed by atoms with van der Waals surface area (Å²) >= 11 is 0. The van der Waals surface area contributed by atoms with Crippen LogP contribution in [0.3, 0.4) is 0 Å². The average molecular weight is 807 g/mol. The number of aryl methyl sites for hydroxylation is 1. The molecule has 0 bridgehead atoms. The van der Waals surface area contributed by atoms with Gasteiger partial charge in [-0.3, -0.25) is 8.63 Å². The Morgan fingerprint density at radius 3 is 1.59 bits per heavy atom. The number of methoxy groups -OCH3 is 3. The van der Waals surface area contributed by atoms with E-state index in [1.807, 2.05) is 42.5 Å². The van der Waals surface area contributed by atoms with Crippen LogP contribution in [-0.2, 0) is 38.0 Å². The molecule has 0 amide bonds. The SMILES string of the molecule is COCCOCCOCCOc1ccc(/C=C/C2=NC(=C(/C(=O)OC)c3c(C)cc(/C=C/c4ccc(OCCOCCOCCOC)cc4)n3B(F)F)/C(C)=C2)cc1. The normalized spacial score (nSPS) is 13.6. The molecule has 3 aromatic rings. The number of ether oxygens (including phenoxy) is 9. The van der Waals surface area contributed by atoms with Crippen molar-refractivity contribution in [1.29, 1.82) is 0 Å². The molecule has 1 aromatic heterocycles. The van der Waals surface area contributed by atoms with Crippen molar-refractivity contribution in [2.45, 2.75) is 13.8 Å². The van der Waals surface area contributed by atoms with Crippen LogP contribution in [0.25, 0.3) is 23.8 Å². The largest absolute Gasteiger partial charge is 0.678 e. The Hall–Kier alpha value is -4.90. The number of aromatic nitrogens is 1. The number of aliphatic imine (C=N–C) groups is 1. The van der Waals surface area contributed by atoms with E-state index in [0.717, 1.165) is 15.6 Å². The van der Waals surface area contributed by atoms with Gasteiger partial charge in [-0.2, -0.15) is 0 Å². The quantitative estimate of drug-likeness (QED) is 0.0351. The number of hydrogen-bond donors (Lipinski definition) is 0. The van der Waals surface area contributed by atoms with Crippen LogP contribution in [0, 0.1) is 6.92 Å². The lowest BCUT2D eigenvalue weighted by Gasteiger charge is -2.14. The van der Waals surface area contributed by atoms with Crippen LogP contribution in [0.15, 0.2) is 83.0 Å². The molecule has 0 fully saturated rings. The van der Waals surface area contributed by atoms with Crippen LogP contribution in [0.2, 0.25) is 0 Å². The highest BCUT2D eigenvalue weighted by molar-refractivity contribution is 6.42. The molecule has 12 nitrogen and oxygen atoms in total. The standard InChI is InChI=1S/C43H53BF2N2O10/c1-32-30-36(12-6-34-8-14-38(15-9-34)57-28-26-55-24-22-53-20-18-50-3)47-41(32)40(43(49)52-5)42-33(2)31-37(48(42)44(45)46)13-7-35-10-16-39(17-11-35)58-29-27-56-25-23-54-21-19-51-4/h6-17,30-31H,18-29H2,1-5H3/b12-6+,13-7+,41-40+. The summed E-state index contributed by atoms with van der Waals surface area (Å²) in [6, 6.07) is 16.3. The van der Waals surface area contributed by atoms with Gasteiger partial charge in [-0.05, 0) is 84.7 Å². The Kier molecular flexibility index (Phi) is 20.1. The molecule has 312 valence electrons. The van der Waals surface area contributed by atoms with Gasteiger partial charge in [0, 0.05) is 19.9 Å². The number of nitrogens with zero attached hydrogens (tertiary/aromatic N) is 2. The van der Waals surface area contributed by atoms with Crippen molar-refractivity contribution in [3.8, 4) is 11.5 Å². The van der Waals surface area contributed by atoms with Crippen LogP contribution in [0.4, 0.5) is 8.63 Å². The van der Waals surface area contributed by atoms with Crippen molar-refractivity contribution < 1.29 is 56.1 Å². The predicted molar refractivity (Wildman–Crippen MR) is 222 cm³/mol. The van der Waals surface area contributed by atoms with Gasteiger partial charge >= 0.3 is 13.4 Å². The third-order valence-corrected chi connectivity index (χ3v) is 8.55. The van der Waals surface area contributed by atoms with E-state index in [1.165, 1.54) is 7.11 Å². The minimum Gasteiger partial charge on any atom is -0.491 e. The molecule has 0 N–H and O–H groups in total. The maximum absolute atomic E-state index is 14.9. The lowest BCUT2D eigenvalue weighted by Crippen LogP contribution is -2.21. The van der Waals surface area contributed by atoms with Crippen LogP contribution in [-0.4, -0.2) is 124 Å². The van der Waals surface area contributed by atoms with E-state index in [9.17, 15) is 13.4 Å². The summed E-state index contributed by atoms with van der Waals surface area (Å²) in [4.78, 5) is 18.0. The topological polar surface area (TPSA) is 117 Å². The zero-order valence-electron chi connectivity index (χ0n) is 33.9. The van der Waals surface area contributed by atoms with Crippen LogP contribution < -0.4 is 9.47 Å². The number of carbonyl (C=O) groups is 1. The molecule has 0 radical (unpaired) electrons. The molecule has 0 atom stereocenters. The zero-order valence-corrected chi connectivity index (χ0v) is 33.9. The average Bonchev–Trinajstić information content (AvgIpc) is 3.76. The lowest BCUT2D eigenvalue weighted by molar-refractivity contribution is -0.133. The van der Waals surface area contributed by atoms with Crippen molar-refractivity contribution in [2.24, 2.45) is 4.99 Å². The van der Waals surface area contributed by atoms with Crippen LogP contribution >= 0.6 is 0 Å². The maximum atomic E-state index is 14.9. The smallest absolute Gasteiger partial charge is 0.491 e. The molecule has 1 aliphatic rings. The van der Waals surface area contributed by atoms with Gasteiger partial charge in [0.05, 0.1) is 90.3 Å². The number of esters is 1. The molecule has 15 heteroatoms. The first-order valence-corrected chi connectivity index (χ1v) is 19.0. The molecule has 58 heavy (non-hydrogen) atoms. The molecule has 0 aliphatic carbocycles. The number of carbonyl (C=O) groups excluding carboxylic acids is 1. The molecule has 0 saturated carbocycles. The van der Waals surface area contributed by atoms with Crippen molar-refractivity contribution in [3.63, 3.8) is 0 Å². The third-order valence-electron chi connectivity index (χ3n) is 8.55. The molecule has 0 spiro atoms. The summed E-state index contributed by atoms with van der Waals surface area (Å²) in [6.07, 6.45) is 8.76. The Morgan fingerprint density at radius 1 is 0.655 bits per heavy atom. The van der Waals surface area contributed by atoms with Crippen LogP contribution in [0.5, 0.6) is 11.5 Å². The molecule has 4 rings (SSSR count). The highest BCUT2D eigenvalue weighted by Gasteiger charge is 2.32. The molecule has 0 saturated heterocycles. The Bertz CT molecular complexity index is 1870. The molecule has 1 aliphatic heterocycles. The second-order valence-corrected chi connectivity index (χ2v) is 12.8. The highest BCUT2D eigenvalue weighted by Crippen LogP contribution is 2.34. The molecule has 0 unspecified atom stereocenters. The third kappa shape index (κ3) is 14.8. The monoisotopic (exact) mass is 806 g/mol. The summed E-state index contributed by atoms with van der Waals surface area (Å²) < 4.78 is 78.8. The fraction of sp³-hybridized carbons (Fsp3) is 0.395. The maximum Gasteiger partial charge on any atom is 0.678 e. The molecule has 2 aromatic carbocycles. The summed E-state index contributed by atoms with van der Waals surface area (Å²) in [5.41, 5.74) is 3.75. The van der Waals surface area contributed by atoms with E-state index in [2.05, 4.69) is 0 Å². The number of allylic oxidation sites excluding steroid dienone is 3. The first-order valence-electron chi connectivity index (χ1n) is 19.0. The Labute approximate surface area is 339 Å². The second-order valence-electron chi connectivity index (χ2n) is 12.8. The molecular weight excluding hydrogens is 753 g/mol. The van der Waals surface area contributed by atoms with E-state index < -0.39 is 13.4 Å². The van der Waals surface area contributed by atoms with Crippen molar-refractivity contribution >= 4 is 42.9 Å². The Balaban J connectivity index is 1.40. The van der Waals surface area contributed by atoms with Crippen molar-refractivity contribution in [2.75, 3.05) is 101 Å². The van der Waals surface area contributed by atoms with Crippen LogP contribution in [0.1, 0.15) is 35.0 Å². The van der Waals surface area contributed by atoms with Gasteiger partial charge in [0.1, 0.15) is 30.3 Å². The highest BCUT2D eigenvalue weighted by atomic mass is 19.2. The predicted octanol–water partition coefficient (Wildman–Crippen LogP) is 6.85. The number of rotatable bonds is 27. The van der Waals surface area contributed by atoms with E-state index in [0.29, 0.717) is 108 Å². The summed E-state index contributed by atoms with van der Waals surface area (Å²) in [6.45, 7) is 9.09. The van der Waals surface area contributed by atoms with Gasteiger partial charge in [0.2, 0.25) is 0 Å². The fourth-order valence-electron chi connectivity index (χ4n) is 5.70. The lowest BCUT2D eigenvalue weighted by atomic mass is 10.0. The van der Waals surface area contributed by atoms with E-state index >= 15 is 0 Å². The first-order chi connectivity index (χ1) is 28.2. The summed E-state index contributed by atoms with van der Waals surface area (Å²) in [5.74, 6) is 0.568. The van der Waals surface area contributed by atoms with E-state index in [-0.39, 0.29) is 22.7 Å². The van der Waals surface area contributed by atoms with Gasteiger partial charge in [0.25, 0.3) is 0 Å². The Morgan fingerprint density at radius 2 is 1.12 bits per heavy atom. The van der Waals surface area contributed by atoms with Gasteiger partial charge in [-0.25, -0.2) is 9.79 Å². The van der Waals surface area contributed by atoms with Crippen molar-refractivity contribution in [3.05, 3.63) is 106 Å². The summed E-state index contributed by atoms with van der Waals surface area (Å²) in [7, 11) is 1.50. The minimum absolute atomic E-state index is 0.0298. The molecule has 2 heterocycles. The second kappa shape index (κ2) is 25.5.